The molecule has 0 aliphatic carbocycles. The van der Waals surface area contributed by atoms with Gasteiger partial charge in [-0.05, 0) is 23.8 Å². The van der Waals surface area contributed by atoms with Crippen LogP contribution in [0.2, 0.25) is 0 Å². The normalized spacial score (nSPS) is 12.7. The standard InChI is InChI=1S/C14H10N4O2S2/c19-12(18-14-15-7-16-22-14)10-6-21-13(17-10)9-1-2-11-8(5-9)3-4-20-11/h1-2,5-7H,3-4H2,(H,15,16,18,19). The Morgan fingerprint density at radius 3 is 3.18 bits per heavy atom. The van der Waals surface area contributed by atoms with E-state index in [1.165, 1.54) is 23.2 Å². The molecule has 110 valence electrons. The van der Waals surface area contributed by atoms with Crippen molar-refractivity contribution < 1.29 is 9.53 Å². The van der Waals surface area contributed by atoms with Crippen LogP contribution in [0.25, 0.3) is 10.6 Å². The minimum Gasteiger partial charge on any atom is -0.493 e. The highest BCUT2D eigenvalue weighted by molar-refractivity contribution is 7.13. The number of hydrogen-bond donors (Lipinski definition) is 1. The Balaban J connectivity index is 1.57. The lowest BCUT2D eigenvalue weighted by molar-refractivity contribution is 0.102. The minimum absolute atomic E-state index is 0.274. The third-order valence-electron chi connectivity index (χ3n) is 3.25. The molecule has 0 spiro atoms. The van der Waals surface area contributed by atoms with Crippen LogP contribution in [0.3, 0.4) is 0 Å². The molecule has 0 saturated carbocycles. The molecule has 8 heteroatoms. The minimum atomic E-state index is -0.274. The van der Waals surface area contributed by atoms with Gasteiger partial charge in [0.2, 0.25) is 5.13 Å². The second-order valence-electron chi connectivity index (χ2n) is 4.66. The van der Waals surface area contributed by atoms with E-state index in [1.54, 1.807) is 5.38 Å². The van der Waals surface area contributed by atoms with Gasteiger partial charge >= 0.3 is 0 Å². The second kappa shape index (κ2) is 5.47. The number of fused-ring (bicyclic) bond motifs is 1. The molecule has 0 atom stereocenters. The highest BCUT2D eigenvalue weighted by Crippen LogP contribution is 2.32. The van der Waals surface area contributed by atoms with Crippen molar-refractivity contribution in [1.82, 2.24) is 14.3 Å². The van der Waals surface area contributed by atoms with E-state index in [1.807, 2.05) is 12.1 Å². The Morgan fingerprint density at radius 1 is 1.36 bits per heavy atom. The van der Waals surface area contributed by atoms with E-state index < -0.39 is 0 Å². The summed E-state index contributed by atoms with van der Waals surface area (Å²) < 4.78 is 9.34. The molecule has 22 heavy (non-hydrogen) atoms. The molecular weight excluding hydrogens is 320 g/mol. The largest absolute Gasteiger partial charge is 0.493 e. The molecule has 0 radical (unpaired) electrons. The summed E-state index contributed by atoms with van der Waals surface area (Å²) >= 11 is 2.57. The second-order valence-corrected chi connectivity index (χ2v) is 6.30. The zero-order valence-electron chi connectivity index (χ0n) is 11.3. The molecule has 0 saturated heterocycles. The molecule has 3 heterocycles. The van der Waals surface area contributed by atoms with Crippen LogP contribution in [-0.4, -0.2) is 26.9 Å². The summed E-state index contributed by atoms with van der Waals surface area (Å²) in [6.07, 6.45) is 2.32. The quantitative estimate of drug-likeness (QED) is 0.799. The molecular formula is C14H10N4O2S2. The summed E-state index contributed by atoms with van der Waals surface area (Å²) in [7, 11) is 0. The number of nitrogens with zero attached hydrogens (tertiary/aromatic N) is 3. The summed E-state index contributed by atoms with van der Waals surface area (Å²) in [5, 5.41) is 5.70. The third kappa shape index (κ3) is 2.46. The van der Waals surface area contributed by atoms with Gasteiger partial charge < -0.3 is 4.74 Å². The Hall–Kier alpha value is -2.32. The molecule has 2 aromatic heterocycles. The smallest absolute Gasteiger partial charge is 0.276 e. The van der Waals surface area contributed by atoms with Crippen molar-refractivity contribution in [3.05, 3.63) is 41.2 Å². The number of benzene rings is 1. The summed E-state index contributed by atoms with van der Waals surface area (Å²) in [5.41, 5.74) is 2.57. The van der Waals surface area contributed by atoms with Gasteiger partial charge in [0.05, 0.1) is 6.61 Å². The SMILES string of the molecule is O=C(Nc1ncns1)c1csc(-c2ccc3c(c2)CCO3)n1. The van der Waals surface area contributed by atoms with Gasteiger partial charge in [0.15, 0.2) is 0 Å². The van der Waals surface area contributed by atoms with E-state index in [0.717, 1.165) is 40.9 Å². The van der Waals surface area contributed by atoms with Crippen molar-refractivity contribution >= 4 is 33.9 Å². The van der Waals surface area contributed by atoms with E-state index in [-0.39, 0.29) is 5.91 Å². The average molecular weight is 330 g/mol. The molecule has 0 fully saturated rings. The number of amides is 1. The van der Waals surface area contributed by atoms with Crippen LogP contribution in [0.1, 0.15) is 16.1 Å². The van der Waals surface area contributed by atoms with Crippen LogP contribution in [0.5, 0.6) is 5.75 Å². The van der Waals surface area contributed by atoms with Crippen LogP contribution in [0.4, 0.5) is 5.13 Å². The third-order valence-corrected chi connectivity index (χ3v) is 4.73. The molecule has 1 N–H and O–H groups in total. The molecule has 1 aromatic carbocycles. The van der Waals surface area contributed by atoms with Gasteiger partial charge in [-0.25, -0.2) is 9.97 Å². The van der Waals surface area contributed by atoms with Gasteiger partial charge in [-0.3, -0.25) is 10.1 Å². The van der Waals surface area contributed by atoms with Crippen LogP contribution in [0, 0.1) is 0 Å². The average Bonchev–Trinajstić information content (AvgIpc) is 3.27. The zero-order chi connectivity index (χ0) is 14.9. The van der Waals surface area contributed by atoms with Crippen molar-refractivity contribution in [2.24, 2.45) is 0 Å². The lowest BCUT2D eigenvalue weighted by Crippen LogP contribution is -2.11. The number of thiazole rings is 1. The fraction of sp³-hybridized carbons (Fsp3) is 0.143. The summed E-state index contributed by atoms with van der Waals surface area (Å²) in [4.78, 5) is 20.4. The number of carbonyl (C=O) groups excluding carboxylic acids is 1. The van der Waals surface area contributed by atoms with Gasteiger partial charge in [0.25, 0.3) is 5.91 Å². The number of aromatic nitrogens is 3. The number of hydrogen-bond acceptors (Lipinski definition) is 7. The van der Waals surface area contributed by atoms with Crippen molar-refractivity contribution in [1.29, 1.82) is 0 Å². The maximum atomic E-state index is 12.1. The Labute approximate surface area is 134 Å². The Bertz CT molecular complexity index is 829. The molecule has 1 amide bonds. The molecule has 1 aliphatic rings. The predicted molar refractivity (Wildman–Crippen MR) is 84.6 cm³/mol. The fourth-order valence-electron chi connectivity index (χ4n) is 2.22. The van der Waals surface area contributed by atoms with Crippen LogP contribution in [0.15, 0.2) is 29.9 Å². The lowest BCUT2D eigenvalue weighted by Gasteiger charge is -2.01. The number of anilines is 1. The summed E-state index contributed by atoms with van der Waals surface area (Å²) in [6, 6.07) is 6.00. The highest BCUT2D eigenvalue weighted by Gasteiger charge is 2.16. The van der Waals surface area contributed by atoms with Crippen LogP contribution in [-0.2, 0) is 6.42 Å². The van der Waals surface area contributed by atoms with Crippen molar-refractivity contribution in [2.75, 3.05) is 11.9 Å². The fourth-order valence-corrected chi connectivity index (χ4v) is 3.44. The maximum Gasteiger partial charge on any atom is 0.276 e. The van der Waals surface area contributed by atoms with Gasteiger partial charge in [-0.1, -0.05) is 0 Å². The summed E-state index contributed by atoms with van der Waals surface area (Å²) in [5.74, 6) is 0.665. The first-order valence-corrected chi connectivity index (χ1v) is 8.24. The number of rotatable bonds is 3. The molecule has 4 rings (SSSR count). The monoisotopic (exact) mass is 330 g/mol. The van der Waals surface area contributed by atoms with Gasteiger partial charge in [0, 0.05) is 28.9 Å². The van der Waals surface area contributed by atoms with Gasteiger partial charge in [-0.2, -0.15) is 4.37 Å². The molecule has 1 aliphatic heterocycles. The molecule has 3 aromatic rings. The first-order chi connectivity index (χ1) is 10.8. The topological polar surface area (TPSA) is 77.0 Å². The Kier molecular flexibility index (Phi) is 3.32. The lowest BCUT2D eigenvalue weighted by atomic mass is 10.1. The number of nitrogens with one attached hydrogen (secondary N) is 1. The summed E-state index contributed by atoms with van der Waals surface area (Å²) in [6.45, 7) is 0.728. The number of carbonyl (C=O) groups is 1. The first kappa shape index (κ1) is 13.4. The van der Waals surface area contributed by atoms with E-state index >= 15 is 0 Å². The number of ether oxygens (including phenoxy) is 1. The maximum absolute atomic E-state index is 12.1. The van der Waals surface area contributed by atoms with Crippen LogP contribution >= 0.6 is 22.9 Å². The highest BCUT2D eigenvalue weighted by atomic mass is 32.1. The molecule has 0 bridgehead atoms. The molecule has 6 nitrogen and oxygen atoms in total. The van der Waals surface area contributed by atoms with Gasteiger partial charge in [-0.15, -0.1) is 11.3 Å². The van der Waals surface area contributed by atoms with Gasteiger partial charge in [0.1, 0.15) is 22.8 Å². The Morgan fingerprint density at radius 2 is 2.32 bits per heavy atom. The van der Waals surface area contributed by atoms with Crippen molar-refractivity contribution in [3.63, 3.8) is 0 Å². The van der Waals surface area contributed by atoms with Crippen LogP contribution < -0.4 is 10.1 Å². The van der Waals surface area contributed by atoms with E-state index in [4.69, 9.17) is 4.74 Å². The zero-order valence-corrected chi connectivity index (χ0v) is 12.9. The van der Waals surface area contributed by atoms with Crippen molar-refractivity contribution in [3.8, 4) is 16.3 Å². The van der Waals surface area contributed by atoms with E-state index in [9.17, 15) is 4.79 Å². The van der Waals surface area contributed by atoms with Crippen molar-refractivity contribution in [2.45, 2.75) is 6.42 Å². The van der Waals surface area contributed by atoms with E-state index in [0.29, 0.717) is 10.8 Å². The predicted octanol–water partition coefficient (Wildman–Crippen LogP) is 2.85. The van der Waals surface area contributed by atoms with E-state index in [2.05, 4.69) is 25.7 Å². The molecule has 0 unspecified atom stereocenters. The first-order valence-electron chi connectivity index (χ1n) is 6.59.